The molecule has 74 valence electrons. The second-order valence-electron chi connectivity index (χ2n) is 2.57. The molecule has 1 amide bonds. The molecule has 1 aromatic rings. The van der Waals surface area contributed by atoms with E-state index in [0.717, 1.165) is 0 Å². The van der Waals surface area contributed by atoms with E-state index in [0.29, 0.717) is 11.0 Å². The second-order valence-corrected chi connectivity index (χ2v) is 3.69. The van der Waals surface area contributed by atoms with Crippen molar-refractivity contribution in [1.82, 2.24) is 10.3 Å². The summed E-state index contributed by atoms with van der Waals surface area (Å²) in [5.41, 5.74) is 0.0150. The van der Waals surface area contributed by atoms with Crippen LogP contribution < -0.4 is 5.32 Å². The molecule has 0 saturated heterocycles. The van der Waals surface area contributed by atoms with Gasteiger partial charge >= 0.3 is 0 Å². The summed E-state index contributed by atoms with van der Waals surface area (Å²) in [7, 11) is 0. The minimum atomic E-state index is -0.427. The number of halogens is 1. The number of nitrogens with zero attached hydrogens (tertiary/aromatic N) is 1. The van der Waals surface area contributed by atoms with Crippen LogP contribution in [0.2, 0.25) is 0 Å². The molecule has 1 rings (SSSR count). The molecule has 0 aliphatic rings. The largest absolute Gasteiger partial charge is 0.505 e. The predicted molar refractivity (Wildman–Crippen MR) is 56.3 cm³/mol. The maximum absolute atomic E-state index is 11.4. The van der Waals surface area contributed by atoms with E-state index in [9.17, 15) is 9.90 Å². The van der Waals surface area contributed by atoms with Crippen LogP contribution >= 0.6 is 15.9 Å². The highest BCUT2D eigenvalue weighted by Crippen LogP contribution is 2.12. The van der Waals surface area contributed by atoms with Gasteiger partial charge in [0.2, 0.25) is 0 Å². The normalized spacial score (nSPS) is 9.50. The van der Waals surface area contributed by atoms with Crippen molar-refractivity contribution in [3.63, 3.8) is 0 Å². The zero-order chi connectivity index (χ0) is 10.6. The molecule has 5 heteroatoms. The Kier molecular flexibility index (Phi) is 3.64. The molecule has 0 aromatic carbocycles. The molecular formula is C9H9BrN2O2. The summed E-state index contributed by atoms with van der Waals surface area (Å²) in [6.45, 7) is 3.86. The molecule has 0 fully saturated rings. The van der Waals surface area contributed by atoms with Crippen molar-refractivity contribution in [3.05, 3.63) is 35.1 Å². The summed E-state index contributed by atoms with van der Waals surface area (Å²) in [4.78, 5) is 15.1. The molecule has 14 heavy (non-hydrogen) atoms. The number of hydrogen-bond donors (Lipinski definition) is 2. The molecular weight excluding hydrogens is 248 g/mol. The number of carbonyl (C=O) groups is 1. The molecule has 0 aliphatic heterocycles. The van der Waals surface area contributed by atoms with Crippen LogP contribution in [0.4, 0.5) is 0 Å². The van der Waals surface area contributed by atoms with Gasteiger partial charge in [-0.2, -0.15) is 0 Å². The smallest absolute Gasteiger partial charge is 0.274 e. The molecule has 0 saturated carbocycles. The maximum atomic E-state index is 11.4. The summed E-state index contributed by atoms with van der Waals surface area (Å²) >= 11 is 3.10. The summed E-state index contributed by atoms with van der Waals surface area (Å²) < 4.78 is 0.654. The van der Waals surface area contributed by atoms with E-state index in [-0.39, 0.29) is 11.4 Å². The fourth-order valence-electron chi connectivity index (χ4n) is 0.832. The van der Waals surface area contributed by atoms with E-state index < -0.39 is 5.91 Å². The van der Waals surface area contributed by atoms with Gasteiger partial charge in [-0.3, -0.25) is 4.79 Å². The third-order valence-corrected chi connectivity index (χ3v) is 1.72. The van der Waals surface area contributed by atoms with Crippen molar-refractivity contribution < 1.29 is 9.90 Å². The summed E-state index contributed by atoms with van der Waals surface area (Å²) in [6, 6.07) is 2.96. The van der Waals surface area contributed by atoms with Crippen molar-refractivity contribution in [1.29, 1.82) is 0 Å². The highest BCUT2D eigenvalue weighted by atomic mass is 79.9. The Hall–Kier alpha value is -1.36. The van der Waals surface area contributed by atoms with Crippen LogP contribution in [-0.2, 0) is 0 Å². The zero-order valence-corrected chi connectivity index (χ0v) is 8.91. The van der Waals surface area contributed by atoms with Gasteiger partial charge in [-0.1, -0.05) is 22.5 Å². The Morgan fingerprint density at radius 2 is 2.43 bits per heavy atom. The van der Waals surface area contributed by atoms with Crippen LogP contribution in [0.5, 0.6) is 5.75 Å². The van der Waals surface area contributed by atoms with Gasteiger partial charge in [-0.25, -0.2) is 4.98 Å². The zero-order valence-electron chi connectivity index (χ0n) is 7.33. The van der Waals surface area contributed by atoms with Crippen molar-refractivity contribution in [2.75, 3.05) is 6.54 Å². The molecule has 0 bridgehead atoms. The van der Waals surface area contributed by atoms with Crippen LogP contribution in [0, 0.1) is 0 Å². The number of carbonyl (C=O) groups excluding carboxylic acids is 1. The Morgan fingerprint density at radius 1 is 1.71 bits per heavy atom. The van der Waals surface area contributed by atoms with E-state index in [2.05, 4.69) is 32.8 Å². The SMILES string of the molecule is C=C(Br)CNC(=O)c1ncccc1O. The second kappa shape index (κ2) is 4.76. The van der Waals surface area contributed by atoms with Crippen molar-refractivity contribution in [2.45, 2.75) is 0 Å². The molecule has 0 spiro atoms. The molecule has 1 aromatic heterocycles. The van der Waals surface area contributed by atoms with Gasteiger partial charge < -0.3 is 10.4 Å². The molecule has 0 radical (unpaired) electrons. The fourth-order valence-corrected chi connectivity index (χ4v) is 0.972. The Labute approximate surface area is 89.8 Å². The lowest BCUT2D eigenvalue weighted by Gasteiger charge is -2.04. The van der Waals surface area contributed by atoms with Crippen LogP contribution in [-0.4, -0.2) is 22.5 Å². The van der Waals surface area contributed by atoms with Crippen molar-refractivity contribution >= 4 is 21.8 Å². The topological polar surface area (TPSA) is 62.2 Å². The minimum absolute atomic E-state index is 0.0150. The van der Waals surface area contributed by atoms with Gasteiger partial charge in [-0.15, -0.1) is 0 Å². The summed E-state index contributed by atoms with van der Waals surface area (Å²) in [5.74, 6) is -0.561. The average Bonchev–Trinajstić information content (AvgIpc) is 2.15. The van der Waals surface area contributed by atoms with Gasteiger partial charge in [0.15, 0.2) is 5.69 Å². The van der Waals surface area contributed by atoms with Crippen molar-refractivity contribution in [2.24, 2.45) is 0 Å². The first kappa shape index (κ1) is 10.7. The Balaban J connectivity index is 2.70. The number of hydrogen-bond acceptors (Lipinski definition) is 3. The minimum Gasteiger partial charge on any atom is -0.505 e. The highest BCUT2D eigenvalue weighted by molar-refractivity contribution is 9.11. The first-order valence-electron chi connectivity index (χ1n) is 3.86. The van der Waals surface area contributed by atoms with Gasteiger partial charge in [0.1, 0.15) is 5.75 Å². The number of pyridine rings is 1. The van der Waals surface area contributed by atoms with Crippen LogP contribution in [0.3, 0.4) is 0 Å². The van der Waals surface area contributed by atoms with E-state index >= 15 is 0 Å². The van der Waals surface area contributed by atoms with E-state index in [1.165, 1.54) is 12.3 Å². The molecule has 1 heterocycles. The third-order valence-electron chi connectivity index (χ3n) is 1.44. The number of aromatic hydroxyl groups is 1. The third kappa shape index (κ3) is 2.85. The lowest BCUT2D eigenvalue weighted by molar-refractivity contribution is 0.0950. The highest BCUT2D eigenvalue weighted by Gasteiger charge is 2.10. The van der Waals surface area contributed by atoms with Crippen LogP contribution in [0.15, 0.2) is 29.4 Å². The Bertz CT molecular complexity index is 366. The molecule has 0 aliphatic carbocycles. The molecule has 4 nitrogen and oxygen atoms in total. The van der Waals surface area contributed by atoms with E-state index in [1.54, 1.807) is 6.07 Å². The molecule has 0 atom stereocenters. The van der Waals surface area contributed by atoms with Gasteiger partial charge in [0, 0.05) is 17.2 Å². The summed E-state index contributed by atoms with van der Waals surface area (Å²) in [5, 5.41) is 11.8. The quantitative estimate of drug-likeness (QED) is 0.860. The van der Waals surface area contributed by atoms with Gasteiger partial charge in [0.05, 0.1) is 0 Å². The lowest BCUT2D eigenvalue weighted by atomic mass is 10.3. The van der Waals surface area contributed by atoms with E-state index in [4.69, 9.17) is 0 Å². The van der Waals surface area contributed by atoms with Gasteiger partial charge in [-0.05, 0) is 12.1 Å². The fraction of sp³-hybridized carbons (Fsp3) is 0.111. The van der Waals surface area contributed by atoms with Gasteiger partial charge in [0.25, 0.3) is 5.91 Å². The maximum Gasteiger partial charge on any atom is 0.274 e. The first-order valence-corrected chi connectivity index (χ1v) is 4.66. The monoisotopic (exact) mass is 256 g/mol. The number of rotatable bonds is 3. The first-order chi connectivity index (χ1) is 6.61. The standard InChI is InChI=1S/C9H9BrN2O2/c1-6(10)5-12-9(14)8-7(13)3-2-4-11-8/h2-4,13H,1,5H2,(H,12,14). The number of aromatic nitrogens is 1. The molecule has 0 unspecified atom stereocenters. The predicted octanol–water partition coefficient (Wildman–Crippen LogP) is 1.43. The van der Waals surface area contributed by atoms with Crippen molar-refractivity contribution in [3.8, 4) is 5.75 Å². The van der Waals surface area contributed by atoms with E-state index in [1.807, 2.05) is 0 Å². The van der Waals surface area contributed by atoms with Crippen LogP contribution in [0.1, 0.15) is 10.5 Å². The number of amides is 1. The number of nitrogens with one attached hydrogen (secondary N) is 1. The summed E-state index contributed by atoms with van der Waals surface area (Å²) in [6.07, 6.45) is 1.44. The lowest BCUT2D eigenvalue weighted by Crippen LogP contribution is -2.25. The Morgan fingerprint density at radius 3 is 3.00 bits per heavy atom. The average molecular weight is 257 g/mol. The van der Waals surface area contributed by atoms with Crippen LogP contribution in [0.25, 0.3) is 0 Å². The molecule has 2 N–H and O–H groups in total.